The number of likely N-dealkylation sites (N-methyl/N-ethyl adjacent to an activating group) is 1. The van der Waals surface area contributed by atoms with Gasteiger partial charge in [0.15, 0.2) is 0 Å². The van der Waals surface area contributed by atoms with Gasteiger partial charge in [0.2, 0.25) is 0 Å². The molecule has 0 saturated heterocycles. The number of carbonyl (C=O) groups is 1. The monoisotopic (exact) mass is 256 g/mol. The van der Waals surface area contributed by atoms with Gasteiger partial charge in [-0.25, -0.2) is 0 Å². The molecule has 0 amide bonds. The molecule has 0 rings (SSSR count). The molecule has 0 aliphatic rings. The molecule has 4 nitrogen and oxygen atoms in total. The highest BCUT2D eigenvalue weighted by Gasteiger charge is 2.27. The molecule has 0 aliphatic heterocycles. The smallest absolute Gasteiger partial charge is 0.390 e. The minimum absolute atomic E-state index is 0.109. The van der Waals surface area contributed by atoms with Gasteiger partial charge in [-0.15, -0.1) is 0 Å². The van der Waals surface area contributed by atoms with E-state index >= 15 is 0 Å². The molecule has 102 valence electrons. The highest BCUT2D eigenvalue weighted by atomic mass is 19.4. The molecule has 2 N–H and O–H groups in total. The van der Waals surface area contributed by atoms with Gasteiger partial charge in [0.05, 0.1) is 6.42 Å². The number of rotatable bonds is 8. The summed E-state index contributed by atoms with van der Waals surface area (Å²) in [5.74, 6) is -0.976. The number of halogens is 3. The summed E-state index contributed by atoms with van der Waals surface area (Å²) in [5.41, 5.74) is 0. The molecule has 0 saturated carbocycles. The van der Waals surface area contributed by atoms with Crippen LogP contribution in [0.25, 0.3) is 0 Å². The van der Waals surface area contributed by atoms with Gasteiger partial charge in [0, 0.05) is 6.54 Å². The lowest BCUT2D eigenvalue weighted by Gasteiger charge is -2.20. The first-order valence-electron chi connectivity index (χ1n) is 5.47. The van der Waals surface area contributed by atoms with Crippen LogP contribution in [0, 0.1) is 0 Å². The largest absolute Gasteiger partial charge is 0.480 e. The Labute approximate surface area is 98.8 Å². The second-order valence-electron chi connectivity index (χ2n) is 3.91. The van der Waals surface area contributed by atoms with Crippen LogP contribution >= 0.6 is 0 Å². The topological polar surface area (TPSA) is 52.6 Å². The average molecular weight is 256 g/mol. The Morgan fingerprint density at radius 1 is 1.41 bits per heavy atom. The molecule has 0 heterocycles. The SMILES string of the molecule is CCNC(CCN(C)CCC(F)(F)F)C(=O)O. The van der Waals surface area contributed by atoms with Crippen molar-refractivity contribution < 1.29 is 23.1 Å². The van der Waals surface area contributed by atoms with Crippen molar-refractivity contribution in [3.8, 4) is 0 Å². The summed E-state index contributed by atoms with van der Waals surface area (Å²) in [5, 5.41) is 11.6. The van der Waals surface area contributed by atoms with Crippen molar-refractivity contribution in [1.82, 2.24) is 10.2 Å². The summed E-state index contributed by atoms with van der Waals surface area (Å²) in [6.45, 7) is 2.51. The Morgan fingerprint density at radius 2 is 2.00 bits per heavy atom. The first-order valence-corrected chi connectivity index (χ1v) is 5.47. The van der Waals surface area contributed by atoms with E-state index in [-0.39, 0.29) is 13.0 Å². The predicted octanol–water partition coefficient (Wildman–Crippen LogP) is 1.32. The normalized spacial score (nSPS) is 14.0. The molecule has 0 aromatic carbocycles. The van der Waals surface area contributed by atoms with Crippen molar-refractivity contribution in [1.29, 1.82) is 0 Å². The Bertz CT molecular complexity index is 234. The standard InChI is InChI=1S/C10H19F3N2O2/c1-3-14-8(9(16)17)4-6-15(2)7-5-10(11,12)13/h8,14H,3-7H2,1-2H3,(H,16,17). The lowest BCUT2D eigenvalue weighted by molar-refractivity contribution is -0.141. The molecule has 0 bridgehead atoms. The number of hydrogen-bond donors (Lipinski definition) is 2. The highest BCUT2D eigenvalue weighted by Crippen LogP contribution is 2.19. The van der Waals surface area contributed by atoms with Gasteiger partial charge in [0.25, 0.3) is 0 Å². The zero-order valence-electron chi connectivity index (χ0n) is 10.0. The number of carboxylic acid groups (broad SMARTS) is 1. The van der Waals surface area contributed by atoms with Crippen LogP contribution < -0.4 is 5.32 Å². The van der Waals surface area contributed by atoms with E-state index in [9.17, 15) is 18.0 Å². The summed E-state index contributed by atoms with van der Waals surface area (Å²) in [4.78, 5) is 12.2. The molecular weight excluding hydrogens is 237 g/mol. The van der Waals surface area contributed by atoms with E-state index in [0.717, 1.165) is 0 Å². The number of hydrogen-bond acceptors (Lipinski definition) is 3. The van der Waals surface area contributed by atoms with Gasteiger partial charge >= 0.3 is 12.1 Å². The summed E-state index contributed by atoms with van der Waals surface area (Å²) in [6, 6.07) is -0.701. The van der Waals surface area contributed by atoms with Crippen molar-refractivity contribution in [2.45, 2.75) is 32.0 Å². The van der Waals surface area contributed by atoms with Crippen LogP contribution in [0.1, 0.15) is 19.8 Å². The second kappa shape index (κ2) is 7.50. The van der Waals surface area contributed by atoms with Crippen molar-refractivity contribution in [2.24, 2.45) is 0 Å². The maximum atomic E-state index is 11.9. The lowest BCUT2D eigenvalue weighted by Crippen LogP contribution is -2.39. The van der Waals surface area contributed by atoms with E-state index in [0.29, 0.717) is 13.1 Å². The van der Waals surface area contributed by atoms with Crippen LogP contribution in [-0.2, 0) is 4.79 Å². The number of nitrogens with zero attached hydrogens (tertiary/aromatic N) is 1. The molecule has 0 aliphatic carbocycles. The van der Waals surface area contributed by atoms with Gasteiger partial charge in [-0.05, 0) is 26.6 Å². The number of alkyl halides is 3. The minimum Gasteiger partial charge on any atom is -0.480 e. The quantitative estimate of drug-likeness (QED) is 0.688. The van der Waals surface area contributed by atoms with E-state index in [2.05, 4.69) is 5.32 Å². The van der Waals surface area contributed by atoms with Crippen molar-refractivity contribution in [3.05, 3.63) is 0 Å². The van der Waals surface area contributed by atoms with Gasteiger partial charge in [-0.1, -0.05) is 6.92 Å². The molecule has 7 heteroatoms. The van der Waals surface area contributed by atoms with Crippen LogP contribution in [0.15, 0.2) is 0 Å². The third kappa shape index (κ3) is 8.93. The zero-order valence-corrected chi connectivity index (χ0v) is 10.0. The van der Waals surface area contributed by atoms with Crippen LogP contribution in [0.4, 0.5) is 13.2 Å². The number of nitrogens with one attached hydrogen (secondary N) is 1. The summed E-state index contributed by atoms with van der Waals surface area (Å²) in [6.07, 6.45) is -4.75. The van der Waals surface area contributed by atoms with E-state index in [4.69, 9.17) is 5.11 Å². The molecule has 0 aromatic rings. The molecule has 0 fully saturated rings. The molecule has 17 heavy (non-hydrogen) atoms. The first kappa shape index (κ1) is 16.2. The van der Waals surface area contributed by atoms with Crippen LogP contribution in [-0.4, -0.2) is 54.9 Å². The predicted molar refractivity (Wildman–Crippen MR) is 57.9 cm³/mol. The fourth-order valence-corrected chi connectivity index (χ4v) is 1.34. The fourth-order valence-electron chi connectivity index (χ4n) is 1.34. The van der Waals surface area contributed by atoms with Crippen LogP contribution in [0.2, 0.25) is 0 Å². The Hall–Kier alpha value is -0.820. The molecule has 0 radical (unpaired) electrons. The highest BCUT2D eigenvalue weighted by molar-refractivity contribution is 5.73. The van der Waals surface area contributed by atoms with E-state index in [1.807, 2.05) is 0 Å². The van der Waals surface area contributed by atoms with Crippen LogP contribution in [0.3, 0.4) is 0 Å². The van der Waals surface area contributed by atoms with Crippen molar-refractivity contribution in [3.63, 3.8) is 0 Å². The maximum absolute atomic E-state index is 11.9. The third-order valence-electron chi connectivity index (χ3n) is 2.33. The summed E-state index contributed by atoms with van der Waals surface area (Å²) in [7, 11) is 1.55. The van der Waals surface area contributed by atoms with Gasteiger partial charge in [-0.3, -0.25) is 4.79 Å². The maximum Gasteiger partial charge on any atom is 0.390 e. The fraction of sp³-hybridized carbons (Fsp3) is 0.900. The van der Waals surface area contributed by atoms with Gasteiger partial charge in [0.1, 0.15) is 6.04 Å². The molecular formula is C10H19F3N2O2. The lowest BCUT2D eigenvalue weighted by atomic mass is 10.2. The van der Waals surface area contributed by atoms with E-state index < -0.39 is 24.6 Å². The molecule has 1 atom stereocenters. The van der Waals surface area contributed by atoms with E-state index in [1.54, 1.807) is 14.0 Å². The zero-order chi connectivity index (χ0) is 13.5. The second-order valence-corrected chi connectivity index (χ2v) is 3.91. The number of carboxylic acids is 1. The average Bonchev–Trinajstić information content (AvgIpc) is 2.19. The summed E-state index contributed by atoms with van der Waals surface area (Å²) < 4.78 is 35.8. The third-order valence-corrected chi connectivity index (χ3v) is 2.33. The molecule has 0 spiro atoms. The van der Waals surface area contributed by atoms with Gasteiger partial charge in [-0.2, -0.15) is 13.2 Å². The minimum atomic E-state index is -4.16. The molecule has 1 unspecified atom stereocenters. The Morgan fingerprint density at radius 3 is 2.41 bits per heavy atom. The molecule has 0 aromatic heterocycles. The Balaban J connectivity index is 3.88. The van der Waals surface area contributed by atoms with Crippen molar-refractivity contribution >= 4 is 5.97 Å². The number of aliphatic carboxylic acids is 1. The van der Waals surface area contributed by atoms with Gasteiger partial charge < -0.3 is 15.3 Å². The van der Waals surface area contributed by atoms with Crippen molar-refractivity contribution in [2.75, 3.05) is 26.7 Å². The van der Waals surface area contributed by atoms with E-state index in [1.165, 1.54) is 4.90 Å². The summed E-state index contributed by atoms with van der Waals surface area (Å²) >= 11 is 0. The Kier molecular flexibility index (Phi) is 7.13. The first-order chi connectivity index (χ1) is 7.76. The van der Waals surface area contributed by atoms with Crippen LogP contribution in [0.5, 0.6) is 0 Å².